The molecular formula is C16H15N3O2S2. The van der Waals surface area contributed by atoms with Crippen LogP contribution in [0.5, 0.6) is 5.75 Å². The molecule has 2 amide bonds. The molecule has 2 heterocycles. The summed E-state index contributed by atoms with van der Waals surface area (Å²) < 4.78 is 5.42. The molecule has 0 bridgehead atoms. The van der Waals surface area contributed by atoms with E-state index >= 15 is 0 Å². The topological polar surface area (TPSA) is 63.2 Å². The zero-order chi connectivity index (χ0) is 16.1. The van der Waals surface area contributed by atoms with E-state index in [2.05, 4.69) is 15.6 Å². The highest BCUT2D eigenvalue weighted by Gasteiger charge is 2.08. The molecule has 0 aliphatic carbocycles. The fourth-order valence-corrected chi connectivity index (χ4v) is 3.27. The molecule has 2 N–H and O–H groups in total. The summed E-state index contributed by atoms with van der Waals surface area (Å²) in [5.74, 6) is 0.833. The van der Waals surface area contributed by atoms with Gasteiger partial charge in [-0.15, -0.1) is 22.7 Å². The van der Waals surface area contributed by atoms with E-state index in [0.29, 0.717) is 11.7 Å². The minimum Gasteiger partial charge on any atom is -0.494 e. The summed E-state index contributed by atoms with van der Waals surface area (Å²) in [4.78, 5) is 16.3. The van der Waals surface area contributed by atoms with Crippen LogP contribution in [0.1, 0.15) is 6.92 Å². The van der Waals surface area contributed by atoms with Gasteiger partial charge < -0.3 is 4.74 Å². The summed E-state index contributed by atoms with van der Waals surface area (Å²) in [5, 5.41) is 10.7. The van der Waals surface area contributed by atoms with Gasteiger partial charge in [0.1, 0.15) is 5.75 Å². The molecule has 0 unspecified atom stereocenters. The number of thiophene rings is 1. The molecule has 3 rings (SSSR count). The van der Waals surface area contributed by atoms with Crippen LogP contribution in [-0.4, -0.2) is 17.6 Å². The van der Waals surface area contributed by atoms with Gasteiger partial charge in [-0.25, -0.2) is 9.78 Å². The van der Waals surface area contributed by atoms with Crippen molar-refractivity contribution < 1.29 is 9.53 Å². The second kappa shape index (κ2) is 7.26. The highest BCUT2D eigenvalue weighted by molar-refractivity contribution is 7.14. The van der Waals surface area contributed by atoms with Crippen LogP contribution in [0.25, 0.3) is 11.3 Å². The van der Waals surface area contributed by atoms with Crippen LogP contribution in [0.15, 0.2) is 47.2 Å². The average molecular weight is 345 g/mol. The minimum atomic E-state index is -0.292. The Balaban J connectivity index is 1.64. The first kappa shape index (κ1) is 15.5. The molecule has 0 spiro atoms. The Morgan fingerprint density at radius 3 is 2.70 bits per heavy atom. The number of benzene rings is 1. The molecule has 118 valence electrons. The Morgan fingerprint density at radius 1 is 1.17 bits per heavy atom. The Kier molecular flexibility index (Phi) is 4.89. The van der Waals surface area contributed by atoms with Crippen molar-refractivity contribution in [1.82, 2.24) is 4.98 Å². The summed E-state index contributed by atoms with van der Waals surface area (Å²) in [7, 11) is 0. The first-order valence-electron chi connectivity index (χ1n) is 7.05. The molecular weight excluding hydrogens is 330 g/mol. The highest BCUT2D eigenvalue weighted by Crippen LogP contribution is 2.26. The van der Waals surface area contributed by atoms with Gasteiger partial charge in [-0.05, 0) is 48.7 Å². The van der Waals surface area contributed by atoms with E-state index < -0.39 is 0 Å². The summed E-state index contributed by atoms with van der Waals surface area (Å²) >= 11 is 2.86. The van der Waals surface area contributed by atoms with Crippen LogP contribution in [0.4, 0.5) is 14.9 Å². The van der Waals surface area contributed by atoms with Gasteiger partial charge >= 0.3 is 6.03 Å². The molecule has 0 aliphatic heterocycles. The summed E-state index contributed by atoms with van der Waals surface area (Å²) in [6.07, 6.45) is 0. The quantitative estimate of drug-likeness (QED) is 0.690. The molecule has 23 heavy (non-hydrogen) atoms. The number of carbonyl (C=O) groups excluding carboxylic acids is 1. The van der Waals surface area contributed by atoms with Gasteiger partial charge in [0.2, 0.25) is 0 Å². The van der Waals surface area contributed by atoms with Crippen molar-refractivity contribution in [3.63, 3.8) is 0 Å². The lowest BCUT2D eigenvalue weighted by Gasteiger charge is -2.03. The average Bonchev–Trinajstić information content (AvgIpc) is 3.20. The fraction of sp³-hybridized carbons (Fsp3) is 0.125. The second-order valence-electron chi connectivity index (χ2n) is 4.55. The Hall–Kier alpha value is -2.38. The Labute approximate surface area is 142 Å². The van der Waals surface area contributed by atoms with Crippen LogP contribution in [-0.2, 0) is 0 Å². The van der Waals surface area contributed by atoms with Gasteiger partial charge in [-0.1, -0.05) is 0 Å². The lowest BCUT2D eigenvalue weighted by Crippen LogP contribution is -2.18. The molecule has 1 aromatic carbocycles. The highest BCUT2D eigenvalue weighted by atomic mass is 32.1. The van der Waals surface area contributed by atoms with Gasteiger partial charge in [0.05, 0.1) is 17.3 Å². The molecule has 0 saturated carbocycles. The maximum absolute atomic E-state index is 11.9. The number of thiazole rings is 1. The van der Waals surface area contributed by atoms with Crippen molar-refractivity contribution in [2.24, 2.45) is 0 Å². The van der Waals surface area contributed by atoms with E-state index in [4.69, 9.17) is 4.74 Å². The van der Waals surface area contributed by atoms with Gasteiger partial charge in [-0.2, -0.15) is 0 Å². The number of amides is 2. The monoisotopic (exact) mass is 345 g/mol. The van der Waals surface area contributed by atoms with Gasteiger partial charge in [0.15, 0.2) is 5.13 Å². The van der Waals surface area contributed by atoms with Crippen molar-refractivity contribution in [2.75, 3.05) is 17.2 Å². The van der Waals surface area contributed by atoms with E-state index in [1.165, 1.54) is 22.7 Å². The maximum Gasteiger partial charge on any atom is 0.326 e. The molecule has 0 saturated heterocycles. The smallest absolute Gasteiger partial charge is 0.326 e. The summed E-state index contributed by atoms with van der Waals surface area (Å²) in [6.45, 7) is 2.59. The zero-order valence-corrected chi connectivity index (χ0v) is 14.0. The number of nitrogens with zero attached hydrogens (tertiary/aromatic N) is 1. The SMILES string of the molecule is CCOc1ccc(-c2csc(NC(=O)Nc3cccs3)n2)cc1. The number of hydrogen-bond donors (Lipinski definition) is 2. The minimum absolute atomic E-state index is 0.292. The van der Waals surface area contributed by atoms with Crippen molar-refractivity contribution in [3.05, 3.63) is 47.2 Å². The standard InChI is InChI=1S/C16H15N3O2S2/c1-2-21-12-7-5-11(6-8-12)13-10-23-16(17-13)19-15(20)18-14-4-3-9-22-14/h3-10H,2H2,1H3,(H2,17,18,19,20). The van der Waals surface area contributed by atoms with Gasteiger partial charge in [0, 0.05) is 10.9 Å². The number of ether oxygens (including phenoxy) is 1. The Bertz CT molecular complexity index is 767. The first-order valence-corrected chi connectivity index (χ1v) is 8.81. The predicted octanol–water partition coefficient (Wildman–Crippen LogP) is 4.91. The second-order valence-corrected chi connectivity index (χ2v) is 6.36. The third-order valence-corrected chi connectivity index (χ3v) is 4.49. The van der Waals surface area contributed by atoms with Gasteiger partial charge in [-0.3, -0.25) is 10.6 Å². The predicted molar refractivity (Wildman–Crippen MR) is 95.7 cm³/mol. The van der Waals surface area contributed by atoms with E-state index in [-0.39, 0.29) is 6.03 Å². The van der Waals surface area contributed by atoms with Crippen LogP contribution in [0.3, 0.4) is 0 Å². The van der Waals surface area contributed by atoms with Crippen molar-refractivity contribution in [1.29, 1.82) is 0 Å². The normalized spacial score (nSPS) is 10.3. The van der Waals surface area contributed by atoms with Crippen molar-refractivity contribution >= 4 is 38.8 Å². The molecule has 7 heteroatoms. The number of urea groups is 1. The number of anilines is 2. The van der Waals surface area contributed by atoms with Crippen LogP contribution >= 0.6 is 22.7 Å². The molecule has 2 aromatic heterocycles. The lowest BCUT2D eigenvalue weighted by atomic mass is 10.2. The van der Waals surface area contributed by atoms with E-state index in [9.17, 15) is 4.79 Å². The first-order chi connectivity index (χ1) is 11.2. The largest absolute Gasteiger partial charge is 0.494 e. The van der Waals surface area contributed by atoms with Crippen LogP contribution in [0, 0.1) is 0 Å². The van der Waals surface area contributed by atoms with E-state index in [1.54, 1.807) is 0 Å². The van der Waals surface area contributed by atoms with Gasteiger partial charge in [0.25, 0.3) is 0 Å². The summed E-state index contributed by atoms with van der Waals surface area (Å²) in [6, 6.07) is 11.2. The zero-order valence-electron chi connectivity index (χ0n) is 12.4. The number of aromatic nitrogens is 1. The fourth-order valence-electron chi connectivity index (χ4n) is 1.94. The van der Waals surface area contributed by atoms with E-state index in [1.807, 2.05) is 54.1 Å². The molecule has 0 radical (unpaired) electrons. The number of hydrogen-bond acceptors (Lipinski definition) is 5. The summed E-state index contributed by atoms with van der Waals surface area (Å²) in [5.41, 5.74) is 1.81. The number of rotatable bonds is 5. The molecule has 0 aliphatic rings. The maximum atomic E-state index is 11.9. The van der Waals surface area contributed by atoms with E-state index in [0.717, 1.165) is 22.0 Å². The Morgan fingerprint density at radius 2 is 2.00 bits per heavy atom. The molecule has 0 fully saturated rings. The van der Waals surface area contributed by atoms with Crippen molar-refractivity contribution in [2.45, 2.75) is 6.92 Å². The molecule has 5 nitrogen and oxygen atoms in total. The van der Waals surface area contributed by atoms with Crippen LogP contribution in [0.2, 0.25) is 0 Å². The third kappa shape index (κ3) is 4.08. The van der Waals surface area contributed by atoms with Crippen molar-refractivity contribution in [3.8, 4) is 17.0 Å². The third-order valence-electron chi connectivity index (χ3n) is 2.94. The number of nitrogens with one attached hydrogen (secondary N) is 2. The van der Waals surface area contributed by atoms with Crippen LogP contribution < -0.4 is 15.4 Å². The molecule has 3 aromatic rings. The molecule has 0 atom stereocenters. The lowest BCUT2D eigenvalue weighted by molar-refractivity contribution is 0.262. The number of carbonyl (C=O) groups is 1.